The van der Waals surface area contributed by atoms with Crippen LogP contribution in [-0.4, -0.2) is 39.9 Å². The van der Waals surface area contributed by atoms with E-state index in [1.165, 1.54) is 0 Å². The van der Waals surface area contributed by atoms with E-state index in [2.05, 4.69) is 31.2 Å². The van der Waals surface area contributed by atoms with Gasteiger partial charge in [-0.1, -0.05) is 50.2 Å². The van der Waals surface area contributed by atoms with Gasteiger partial charge in [0.05, 0.1) is 6.61 Å². The van der Waals surface area contributed by atoms with Crippen LogP contribution in [0.15, 0.2) is 35.1 Å². The smallest absolute Gasteiger partial charge is 0.328 e. The molecule has 0 spiro atoms. The lowest BCUT2D eigenvalue weighted by Crippen LogP contribution is -2.43. The number of rotatable bonds is 5. The number of nitrogens with zero attached hydrogens (tertiary/aromatic N) is 1. The number of hydrogen-bond acceptors (Lipinski definition) is 5. The fraction of sp³-hybridized carbons (Fsp3) is 0.353. The highest BCUT2D eigenvalue weighted by atomic mass is 16.5. The highest BCUT2D eigenvalue weighted by Gasteiger charge is 2.24. The zero-order valence-electron chi connectivity index (χ0n) is 13.7. The van der Waals surface area contributed by atoms with Gasteiger partial charge in [0, 0.05) is 5.56 Å². The van der Waals surface area contributed by atoms with Crippen molar-refractivity contribution in [3.8, 4) is 11.3 Å². The van der Waals surface area contributed by atoms with Crippen LogP contribution in [0.5, 0.6) is 0 Å². The van der Waals surface area contributed by atoms with Crippen LogP contribution in [0.25, 0.3) is 11.3 Å². The largest absolute Gasteiger partial charge is 0.480 e. The van der Waals surface area contributed by atoms with E-state index >= 15 is 0 Å². The van der Waals surface area contributed by atoms with Crippen LogP contribution >= 0.6 is 0 Å². The van der Waals surface area contributed by atoms with E-state index in [0.717, 1.165) is 11.8 Å². The minimum absolute atomic E-state index is 0.00159. The molecule has 0 saturated heterocycles. The monoisotopic (exact) mass is 332 g/mol. The van der Waals surface area contributed by atoms with Crippen molar-refractivity contribution in [2.45, 2.75) is 32.2 Å². The molecule has 0 radical (unpaired) electrons. The van der Waals surface area contributed by atoms with Gasteiger partial charge in [-0.25, -0.2) is 4.79 Å². The first kappa shape index (κ1) is 17.7. The molecular formula is C17H20N2O5. The van der Waals surface area contributed by atoms with Gasteiger partial charge in [0.1, 0.15) is 17.5 Å². The number of hydrogen-bond donors (Lipinski definition) is 3. The van der Waals surface area contributed by atoms with Crippen molar-refractivity contribution in [1.82, 2.24) is 10.5 Å². The second-order valence-corrected chi connectivity index (χ2v) is 6.45. The fourth-order valence-corrected chi connectivity index (χ4v) is 2.16. The second-order valence-electron chi connectivity index (χ2n) is 6.45. The maximum absolute atomic E-state index is 12.2. The van der Waals surface area contributed by atoms with Gasteiger partial charge in [-0.2, -0.15) is 0 Å². The summed E-state index contributed by atoms with van der Waals surface area (Å²) in [4.78, 5) is 23.1. The molecule has 2 rings (SSSR count). The summed E-state index contributed by atoms with van der Waals surface area (Å²) in [6.45, 7) is 5.58. The lowest BCUT2D eigenvalue weighted by molar-refractivity contribution is -0.140. The molecule has 2 aromatic rings. The van der Waals surface area contributed by atoms with Gasteiger partial charge in [0.15, 0.2) is 6.04 Å². The Kier molecular flexibility index (Phi) is 5.04. The lowest BCUT2D eigenvalue weighted by Gasteiger charge is -2.19. The molecule has 7 heteroatoms. The number of aliphatic carboxylic acids is 1. The average Bonchev–Trinajstić information content (AvgIpc) is 3.01. The van der Waals surface area contributed by atoms with Gasteiger partial charge < -0.3 is 20.1 Å². The third-order valence-electron chi connectivity index (χ3n) is 3.62. The van der Waals surface area contributed by atoms with E-state index in [4.69, 9.17) is 14.7 Å². The summed E-state index contributed by atoms with van der Waals surface area (Å²) >= 11 is 0. The highest BCUT2D eigenvalue weighted by molar-refractivity contribution is 6.01. The van der Waals surface area contributed by atoms with Crippen LogP contribution in [0.1, 0.15) is 36.7 Å². The van der Waals surface area contributed by atoms with Gasteiger partial charge in [-0.05, 0) is 11.0 Å². The number of carboxylic acid groups (broad SMARTS) is 1. The summed E-state index contributed by atoms with van der Waals surface area (Å²) in [6.07, 6.45) is 1.15. The quantitative estimate of drug-likeness (QED) is 0.770. The number of amides is 1. The van der Waals surface area contributed by atoms with E-state index in [0.29, 0.717) is 11.3 Å². The van der Waals surface area contributed by atoms with E-state index in [1.807, 2.05) is 24.3 Å². The molecule has 1 aromatic heterocycles. The lowest BCUT2D eigenvalue weighted by atomic mass is 9.86. The maximum Gasteiger partial charge on any atom is 0.328 e. The fourth-order valence-electron chi connectivity index (χ4n) is 2.16. The zero-order valence-corrected chi connectivity index (χ0v) is 13.7. The van der Waals surface area contributed by atoms with E-state index in [9.17, 15) is 9.59 Å². The first-order valence-corrected chi connectivity index (χ1v) is 7.44. The molecule has 3 N–H and O–H groups in total. The Hall–Kier alpha value is -2.67. The molecule has 0 saturated carbocycles. The number of aromatic nitrogens is 1. The molecule has 1 heterocycles. The van der Waals surface area contributed by atoms with Crippen LogP contribution in [0, 0.1) is 0 Å². The van der Waals surface area contributed by atoms with E-state index in [-0.39, 0.29) is 11.0 Å². The third kappa shape index (κ3) is 3.80. The zero-order chi connectivity index (χ0) is 17.9. The molecule has 0 fully saturated rings. The first-order chi connectivity index (χ1) is 11.2. The Bertz CT molecular complexity index is 728. The summed E-state index contributed by atoms with van der Waals surface area (Å²) in [5.41, 5.74) is 2.23. The van der Waals surface area contributed by atoms with Crippen molar-refractivity contribution in [2.75, 3.05) is 6.61 Å². The van der Waals surface area contributed by atoms with Crippen LogP contribution in [0.3, 0.4) is 0 Å². The first-order valence-electron chi connectivity index (χ1n) is 7.44. The Balaban J connectivity index is 2.27. The Morgan fingerprint density at radius 3 is 2.38 bits per heavy atom. The highest BCUT2D eigenvalue weighted by Crippen LogP contribution is 2.27. The van der Waals surface area contributed by atoms with Crippen LogP contribution in [0.4, 0.5) is 0 Å². The molecule has 0 unspecified atom stereocenters. The predicted molar refractivity (Wildman–Crippen MR) is 86.6 cm³/mol. The standard InChI is InChI=1S/C17H20N2O5/c1-17(2,3)11-6-4-10(5-7-11)14-12(9-24-19-14)15(21)18-13(8-20)16(22)23/h4-7,9,13,20H,8H2,1-3H3,(H,18,21)(H,22,23)/t13-/m0/s1. The van der Waals surface area contributed by atoms with Gasteiger partial charge in [-0.15, -0.1) is 0 Å². The number of carboxylic acids is 1. The number of carbonyl (C=O) groups is 2. The summed E-state index contributed by atoms with van der Waals surface area (Å²) in [6, 6.07) is 6.16. The third-order valence-corrected chi connectivity index (χ3v) is 3.62. The van der Waals surface area contributed by atoms with Crippen molar-refractivity contribution in [2.24, 2.45) is 0 Å². The Labute approximate surface area is 139 Å². The maximum atomic E-state index is 12.2. The number of benzene rings is 1. The molecule has 1 atom stereocenters. The summed E-state index contributed by atoms with van der Waals surface area (Å²) in [5.74, 6) is -1.99. The van der Waals surface area contributed by atoms with E-state index < -0.39 is 24.5 Å². The number of carbonyl (C=O) groups excluding carboxylic acids is 1. The predicted octanol–water partition coefficient (Wildman–Crippen LogP) is 1.81. The van der Waals surface area contributed by atoms with Crippen molar-refractivity contribution in [3.63, 3.8) is 0 Å². The van der Waals surface area contributed by atoms with Crippen molar-refractivity contribution in [3.05, 3.63) is 41.7 Å². The molecule has 7 nitrogen and oxygen atoms in total. The van der Waals surface area contributed by atoms with Crippen molar-refractivity contribution < 1.29 is 24.3 Å². The molecule has 1 aromatic carbocycles. The van der Waals surface area contributed by atoms with Crippen molar-refractivity contribution in [1.29, 1.82) is 0 Å². The molecule has 0 aliphatic heterocycles. The van der Waals surface area contributed by atoms with Crippen molar-refractivity contribution >= 4 is 11.9 Å². The summed E-state index contributed by atoms with van der Waals surface area (Å²) < 4.78 is 4.87. The van der Waals surface area contributed by atoms with E-state index in [1.54, 1.807) is 0 Å². The molecule has 0 bridgehead atoms. The topological polar surface area (TPSA) is 113 Å². The molecule has 128 valence electrons. The van der Waals surface area contributed by atoms with Gasteiger partial charge in [0.25, 0.3) is 5.91 Å². The summed E-state index contributed by atoms with van der Waals surface area (Å²) in [7, 11) is 0. The number of aliphatic hydroxyl groups is 1. The molecule has 0 aliphatic rings. The SMILES string of the molecule is CC(C)(C)c1ccc(-c2nocc2C(=O)N[C@@H](CO)C(=O)O)cc1. The number of aliphatic hydroxyl groups excluding tert-OH is 1. The van der Waals surface area contributed by atoms with Gasteiger partial charge in [0.2, 0.25) is 0 Å². The summed E-state index contributed by atoms with van der Waals surface area (Å²) in [5, 5.41) is 24.0. The van der Waals surface area contributed by atoms with Crippen LogP contribution in [-0.2, 0) is 10.2 Å². The van der Waals surface area contributed by atoms with Crippen LogP contribution < -0.4 is 5.32 Å². The number of nitrogens with one attached hydrogen (secondary N) is 1. The normalized spacial score (nSPS) is 12.7. The minimum Gasteiger partial charge on any atom is -0.480 e. The minimum atomic E-state index is -1.39. The Morgan fingerprint density at radius 2 is 1.88 bits per heavy atom. The Morgan fingerprint density at radius 1 is 1.25 bits per heavy atom. The molecular weight excluding hydrogens is 312 g/mol. The molecule has 1 amide bonds. The van der Waals surface area contributed by atoms with Gasteiger partial charge in [-0.3, -0.25) is 4.79 Å². The van der Waals surface area contributed by atoms with Crippen LogP contribution in [0.2, 0.25) is 0 Å². The molecule has 24 heavy (non-hydrogen) atoms. The molecule has 0 aliphatic carbocycles. The van der Waals surface area contributed by atoms with Gasteiger partial charge >= 0.3 is 5.97 Å². The second kappa shape index (κ2) is 6.84. The average molecular weight is 332 g/mol.